The van der Waals surface area contributed by atoms with Gasteiger partial charge >= 0.3 is 0 Å². The fourth-order valence-electron chi connectivity index (χ4n) is 2.86. The molecule has 0 bridgehead atoms. The highest BCUT2D eigenvalue weighted by Crippen LogP contribution is 2.17. The van der Waals surface area contributed by atoms with E-state index in [9.17, 15) is 4.79 Å². The lowest BCUT2D eigenvalue weighted by Gasteiger charge is -2.36. The molecule has 1 fully saturated rings. The number of rotatable bonds is 6. The number of piperazine rings is 1. The van der Waals surface area contributed by atoms with Crippen LogP contribution in [0.2, 0.25) is 0 Å². The van der Waals surface area contributed by atoms with Crippen molar-refractivity contribution in [1.29, 1.82) is 0 Å². The zero-order valence-corrected chi connectivity index (χ0v) is 13.2. The fraction of sp³-hybridized carbons (Fsp3) is 0.316. The molecule has 0 unspecified atom stereocenters. The Kier molecular flexibility index (Phi) is 5.27. The molecular formula is C19H22N2O2. The van der Waals surface area contributed by atoms with Crippen LogP contribution < -0.4 is 9.64 Å². The molecule has 0 spiro atoms. The molecule has 2 aromatic carbocycles. The van der Waals surface area contributed by atoms with E-state index in [1.54, 1.807) is 6.07 Å². The Morgan fingerprint density at radius 2 is 1.61 bits per heavy atom. The number of aldehydes is 1. The van der Waals surface area contributed by atoms with Crippen LogP contribution in [0.1, 0.15) is 10.4 Å². The number of hydrogen-bond donors (Lipinski definition) is 0. The molecule has 0 saturated carbocycles. The minimum Gasteiger partial charge on any atom is -0.492 e. The first kappa shape index (κ1) is 15.6. The summed E-state index contributed by atoms with van der Waals surface area (Å²) >= 11 is 0. The van der Waals surface area contributed by atoms with Crippen LogP contribution >= 0.6 is 0 Å². The van der Waals surface area contributed by atoms with Crippen LogP contribution in [0.5, 0.6) is 5.75 Å². The predicted molar refractivity (Wildman–Crippen MR) is 92.4 cm³/mol. The number of nitrogens with zero attached hydrogens (tertiary/aromatic N) is 2. The second-order valence-electron chi connectivity index (χ2n) is 5.67. The molecule has 0 radical (unpaired) electrons. The van der Waals surface area contributed by atoms with E-state index in [4.69, 9.17) is 4.74 Å². The summed E-state index contributed by atoms with van der Waals surface area (Å²) in [5.41, 5.74) is 1.91. The van der Waals surface area contributed by atoms with E-state index < -0.39 is 0 Å². The zero-order valence-electron chi connectivity index (χ0n) is 13.2. The lowest BCUT2D eigenvalue weighted by molar-refractivity contribution is 0.111. The van der Waals surface area contributed by atoms with Gasteiger partial charge in [-0.2, -0.15) is 0 Å². The molecule has 3 rings (SSSR count). The minimum atomic E-state index is 0.607. The van der Waals surface area contributed by atoms with Gasteiger partial charge in [-0.1, -0.05) is 30.3 Å². The number of ether oxygens (including phenoxy) is 1. The maximum absolute atomic E-state index is 11.0. The number of para-hydroxylation sites is 2. The van der Waals surface area contributed by atoms with Crippen molar-refractivity contribution < 1.29 is 9.53 Å². The van der Waals surface area contributed by atoms with E-state index in [1.807, 2.05) is 24.3 Å². The number of carbonyl (C=O) groups excluding carboxylic acids is 1. The molecule has 4 heteroatoms. The van der Waals surface area contributed by atoms with Gasteiger partial charge in [0.15, 0.2) is 6.29 Å². The van der Waals surface area contributed by atoms with Crippen molar-refractivity contribution in [3.05, 3.63) is 60.2 Å². The van der Waals surface area contributed by atoms with E-state index in [1.165, 1.54) is 5.69 Å². The third-order valence-electron chi connectivity index (χ3n) is 4.20. The van der Waals surface area contributed by atoms with Crippen LogP contribution in [0.15, 0.2) is 54.6 Å². The largest absolute Gasteiger partial charge is 0.492 e. The van der Waals surface area contributed by atoms with Gasteiger partial charge in [-0.25, -0.2) is 0 Å². The van der Waals surface area contributed by atoms with Gasteiger partial charge in [-0.05, 0) is 24.3 Å². The van der Waals surface area contributed by atoms with Gasteiger partial charge in [0.1, 0.15) is 12.4 Å². The van der Waals surface area contributed by atoms with Gasteiger partial charge in [0.05, 0.1) is 5.56 Å². The fourth-order valence-corrected chi connectivity index (χ4v) is 2.86. The summed E-state index contributed by atoms with van der Waals surface area (Å²) in [7, 11) is 0. The van der Waals surface area contributed by atoms with Crippen molar-refractivity contribution in [1.82, 2.24) is 4.90 Å². The van der Waals surface area contributed by atoms with E-state index >= 15 is 0 Å². The Balaban J connectivity index is 1.44. The summed E-state index contributed by atoms with van der Waals surface area (Å²) in [6, 6.07) is 17.9. The number of anilines is 1. The molecule has 0 N–H and O–H groups in total. The average molecular weight is 310 g/mol. The maximum Gasteiger partial charge on any atom is 0.153 e. The van der Waals surface area contributed by atoms with Crippen LogP contribution in [-0.4, -0.2) is 50.5 Å². The molecule has 0 atom stereocenters. The van der Waals surface area contributed by atoms with Crippen molar-refractivity contribution in [2.24, 2.45) is 0 Å². The van der Waals surface area contributed by atoms with Gasteiger partial charge in [0.25, 0.3) is 0 Å². The van der Waals surface area contributed by atoms with Crippen LogP contribution in [0.4, 0.5) is 5.69 Å². The molecular weight excluding hydrogens is 288 g/mol. The second kappa shape index (κ2) is 7.79. The summed E-state index contributed by atoms with van der Waals surface area (Å²) in [5.74, 6) is 0.672. The zero-order chi connectivity index (χ0) is 15.9. The smallest absolute Gasteiger partial charge is 0.153 e. The van der Waals surface area contributed by atoms with Gasteiger partial charge in [-0.15, -0.1) is 0 Å². The summed E-state index contributed by atoms with van der Waals surface area (Å²) in [4.78, 5) is 15.8. The van der Waals surface area contributed by atoms with E-state index in [-0.39, 0.29) is 0 Å². The topological polar surface area (TPSA) is 32.8 Å². The summed E-state index contributed by atoms with van der Waals surface area (Å²) in [6.45, 7) is 5.64. The third-order valence-corrected chi connectivity index (χ3v) is 4.20. The van der Waals surface area contributed by atoms with Crippen molar-refractivity contribution >= 4 is 12.0 Å². The highest BCUT2D eigenvalue weighted by Gasteiger charge is 2.16. The number of hydrogen-bond acceptors (Lipinski definition) is 4. The molecule has 1 saturated heterocycles. The summed E-state index contributed by atoms with van der Waals surface area (Å²) in [6.07, 6.45) is 0.841. The van der Waals surface area contributed by atoms with Gasteiger partial charge in [0.2, 0.25) is 0 Å². The minimum absolute atomic E-state index is 0.607. The molecule has 0 aromatic heterocycles. The van der Waals surface area contributed by atoms with E-state index in [2.05, 4.69) is 34.1 Å². The monoisotopic (exact) mass is 310 g/mol. The quantitative estimate of drug-likeness (QED) is 0.768. The molecule has 120 valence electrons. The Morgan fingerprint density at radius 1 is 0.913 bits per heavy atom. The first-order chi connectivity index (χ1) is 11.4. The van der Waals surface area contributed by atoms with Crippen molar-refractivity contribution in [3.63, 3.8) is 0 Å². The molecule has 0 amide bonds. The molecule has 0 aliphatic carbocycles. The molecule has 1 aliphatic rings. The molecule has 1 aliphatic heterocycles. The highest BCUT2D eigenvalue weighted by atomic mass is 16.5. The van der Waals surface area contributed by atoms with Gasteiger partial charge in [0, 0.05) is 38.4 Å². The Bertz CT molecular complexity index is 622. The van der Waals surface area contributed by atoms with Gasteiger partial charge in [-0.3, -0.25) is 9.69 Å². The highest BCUT2D eigenvalue weighted by molar-refractivity contribution is 5.79. The van der Waals surface area contributed by atoms with Crippen LogP contribution in [-0.2, 0) is 0 Å². The summed E-state index contributed by atoms with van der Waals surface area (Å²) < 4.78 is 5.76. The van der Waals surface area contributed by atoms with Crippen molar-refractivity contribution in [3.8, 4) is 5.75 Å². The molecule has 1 heterocycles. The summed E-state index contributed by atoms with van der Waals surface area (Å²) in [5, 5.41) is 0. The molecule has 2 aromatic rings. The van der Waals surface area contributed by atoms with Crippen molar-refractivity contribution in [2.45, 2.75) is 0 Å². The SMILES string of the molecule is O=Cc1ccccc1OCCN1CCN(c2ccccc2)CC1. The van der Waals surface area contributed by atoms with E-state index in [0.717, 1.165) is 39.0 Å². The molecule has 23 heavy (non-hydrogen) atoms. The first-order valence-electron chi connectivity index (χ1n) is 8.06. The van der Waals surface area contributed by atoms with E-state index in [0.29, 0.717) is 17.9 Å². The number of benzene rings is 2. The van der Waals surface area contributed by atoms with Crippen LogP contribution in [0.25, 0.3) is 0 Å². The van der Waals surface area contributed by atoms with Crippen LogP contribution in [0.3, 0.4) is 0 Å². The average Bonchev–Trinajstić information content (AvgIpc) is 2.63. The maximum atomic E-state index is 11.0. The lowest BCUT2D eigenvalue weighted by Crippen LogP contribution is -2.47. The number of carbonyl (C=O) groups is 1. The lowest BCUT2D eigenvalue weighted by atomic mass is 10.2. The van der Waals surface area contributed by atoms with Crippen LogP contribution in [0, 0.1) is 0 Å². The first-order valence-corrected chi connectivity index (χ1v) is 8.06. The predicted octanol–water partition coefficient (Wildman–Crippen LogP) is 2.70. The Hall–Kier alpha value is -2.33. The van der Waals surface area contributed by atoms with Crippen molar-refractivity contribution in [2.75, 3.05) is 44.2 Å². The molecule has 4 nitrogen and oxygen atoms in total. The van der Waals surface area contributed by atoms with Gasteiger partial charge < -0.3 is 9.64 Å². The second-order valence-corrected chi connectivity index (χ2v) is 5.67. The normalized spacial score (nSPS) is 15.4. The standard InChI is InChI=1S/C19H22N2O2/c22-16-17-6-4-5-9-19(17)23-15-14-20-10-12-21(13-11-20)18-7-2-1-3-8-18/h1-9,16H,10-15H2. The Morgan fingerprint density at radius 3 is 2.35 bits per heavy atom. The Labute approximate surface area is 137 Å². The third kappa shape index (κ3) is 4.11.